The molecule has 3 aromatic heterocycles. The zero-order chi connectivity index (χ0) is 34.9. The molecular formula is C49H29N3S. The third kappa shape index (κ3) is 4.84. The Morgan fingerprint density at radius 3 is 1.81 bits per heavy atom. The van der Waals surface area contributed by atoms with Gasteiger partial charge in [0.2, 0.25) is 0 Å². The summed E-state index contributed by atoms with van der Waals surface area (Å²) in [5.41, 5.74) is 7.87. The molecule has 0 spiro atoms. The summed E-state index contributed by atoms with van der Waals surface area (Å²) < 4.78 is 2.60. The zero-order valence-corrected chi connectivity index (χ0v) is 29.3. The van der Waals surface area contributed by atoms with Crippen molar-refractivity contribution >= 4 is 74.7 Å². The summed E-state index contributed by atoms with van der Waals surface area (Å²) in [5.74, 6) is 0.703. The van der Waals surface area contributed by atoms with Crippen LogP contribution in [0, 0.1) is 0 Å². The SMILES string of the molecule is c1cc(-c2cc(-c3cccc4ccccc34)nc(-c3cccc4ccccc34)n2)cc(-c2nc3ccccc3c3c2ccc2c4ccccc4sc23)c1. The molecule has 0 radical (unpaired) electrons. The molecule has 0 aliphatic carbocycles. The van der Waals surface area contributed by atoms with E-state index in [-0.39, 0.29) is 0 Å². The van der Waals surface area contributed by atoms with Crippen molar-refractivity contribution in [3.05, 3.63) is 176 Å². The van der Waals surface area contributed by atoms with Gasteiger partial charge in [-0.15, -0.1) is 11.3 Å². The summed E-state index contributed by atoms with van der Waals surface area (Å²) in [7, 11) is 0. The second kappa shape index (κ2) is 11.9. The summed E-state index contributed by atoms with van der Waals surface area (Å²) in [6, 6.07) is 62.4. The van der Waals surface area contributed by atoms with Gasteiger partial charge in [-0.3, -0.25) is 0 Å². The Hall–Kier alpha value is -6.75. The molecule has 0 aliphatic rings. The van der Waals surface area contributed by atoms with Gasteiger partial charge in [-0.25, -0.2) is 15.0 Å². The lowest BCUT2D eigenvalue weighted by Crippen LogP contribution is -1.97. The number of pyridine rings is 1. The molecule has 11 aromatic rings. The maximum absolute atomic E-state index is 5.34. The standard InChI is InChI=1S/C49H29N3S/c1-3-18-34-30(12-1)14-10-22-36(34)44-29-43(51-49(52-44)39-23-11-15-31-13-2-4-19-35(31)39)32-16-9-17-33(28-32)47-41-27-26-38-37-20-6-8-25-45(37)53-48(38)46(41)40-21-5-7-24-42(40)50-47/h1-29H. The van der Waals surface area contributed by atoms with Crippen LogP contribution >= 0.6 is 11.3 Å². The maximum atomic E-state index is 5.34. The lowest BCUT2D eigenvalue weighted by molar-refractivity contribution is 1.19. The predicted octanol–water partition coefficient (Wildman–Crippen LogP) is 13.5. The summed E-state index contributed by atoms with van der Waals surface area (Å²) >= 11 is 1.87. The summed E-state index contributed by atoms with van der Waals surface area (Å²) in [6.45, 7) is 0. The highest BCUT2D eigenvalue weighted by atomic mass is 32.1. The average Bonchev–Trinajstić information content (AvgIpc) is 3.62. The molecule has 0 fully saturated rings. The van der Waals surface area contributed by atoms with Crippen molar-refractivity contribution in [2.75, 3.05) is 0 Å². The molecule has 8 aromatic carbocycles. The first-order valence-electron chi connectivity index (χ1n) is 17.9. The minimum Gasteiger partial charge on any atom is -0.247 e. The fourth-order valence-corrected chi connectivity index (χ4v) is 9.25. The Kier molecular flexibility index (Phi) is 6.73. The van der Waals surface area contributed by atoms with Crippen molar-refractivity contribution in [1.82, 2.24) is 15.0 Å². The fourth-order valence-electron chi connectivity index (χ4n) is 7.99. The van der Waals surface area contributed by atoms with Gasteiger partial charge in [0.15, 0.2) is 5.82 Å². The molecule has 0 bridgehead atoms. The summed E-state index contributed by atoms with van der Waals surface area (Å²) in [5, 5.41) is 10.8. The minimum absolute atomic E-state index is 0.703. The fraction of sp³-hybridized carbons (Fsp3) is 0. The molecule has 3 nitrogen and oxygen atoms in total. The van der Waals surface area contributed by atoms with Gasteiger partial charge in [-0.1, -0.05) is 152 Å². The van der Waals surface area contributed by atoms with Crippen molar-refractivity contribution in [3.63, 3.8) is 0 Å². The van der Waals surface area contributed by atoms with E-state index in [0.29, 0.717) is 5.82 Å². The number of fused-ring (bicyclic) bond motifs is 9. The van der Waals surface area contributed by atoms with E-state index >= 15 is 0 Å². The van der Waals surface area contributed by atoms with E-state index in [0.717, 1.165) is 66.4 Å². The van der Waals surface area contributed by atoms with Crippen LogP contribution in [-0.4, -0.2) is 15.0 Å². The molecule has 4 heteroatoms. The van der Waals surface area contributed by atoms with Crippen molar-refractivity contribution in [2.45, 2.75) is 0 Å². The number of nitrogens with zero attached hydrogens (tertiary/aromatic N) is 3. The third-order valence-corrected chi connectivity index (χ3v) is 11.7. The first kappa shape index (κ1) is 29.9. The molecular weight excluding hydrogens is 663 g/mol. The lowest BCUT2D eigenvalue weighted by Gasteiger charge is -2.14. The van der Waals surface area contributed by atoms with Gasteiger partial charge in [-0.2, -0.15) is 0 Å². The van der Waals surface area contributed by atoms with Crippen LogP contribution in [0.15, 0.2) is 176 Å². The smallest absolute Gasteiger partial charge is 0.161 e. The minimum atomic E-state index is 0.703. The van der Waals surface area contributed by atoms with Crippen LogP contribution in [0.25, 0.3) is 109 Å². The zero-order valence-electron chi connectivity index (χ0n) is 28.5. The van der Waals surface area contributed by atoms with Crippen LogP contribution in [-0.2, 0) is 0 Å². The first-order chi connectivity index (χ1) is 26.3. The van der Waals surface area contributed by atoms with E-state index in [1.165, 1.54) is 36.3 Å². The maximum Gasteiger partial charge on any atom is 0.161 e. The van der Waals surface area contributed by atoms with Gasteiger partial charge >= 0.3 is 0 Å². The van der Waals surface area contributed by atoms with E-state index in [2.05, 4.69) is 176 Å². The highest BCUT2D eigenvalue weighted by Gasteiger charge is 2.18. The molecule has 246 valence electrons. The molecule has 0 atom stereocenters. The van der Waals surface area contributed by atoms with Gasteiger partial charge in [0.25, 0.3) is 0 Å². The van der Waals surface area contributed by atoms with Crippen molar-refractivity contribution in [1.29, 1.82) is 0 Å². The third-order valence-electron chi connectivity index (χ3n) is 10.5. The quantitative estimate of drug-likeness (QED) is 0.172. The number of thiophene rings is 1. The monoisotopic (exact) mass is 691 g/mol. The predicted molar refractivity (Wildman–Crippen MR) is 224 cm³/mol. The molecule has 0 unspecified atom stereocenters. The number of para-hydroxylation sites is 1. The van der Waals surface area contributed by atoms with Crippen molar-refractivity contribution < 1.29 is 0 Å². The number of hydrogen-bond donors (Lipinski definition) is 0. The molecule has 0 saturated heterocycles. The van der Waals surface area contributed by atoms with E-state index in [9.17, 15) is 0 Å². The Balaban J connectivity index is 1.15. The number of aromatic nitrogens is 3. The van der Waals surface area contributed by atoms with E-state index in [4.69, 9.17) is 15.0 Å². The first-order valence-corrected chi connectivity index (χ1v) is 18.7. The van der Waals surface area contributed by atoms with Crippen LogP contribution in [0.1, 0.15) is 0 Å². The number of benzene rings is 8. The van der Waals surface area contributed by atoms with E-state index in [1.807, 2.05) is 11.3 Å². The molecule has 0 saturated carbocycles. The molecule has 53 heavy (non-hydrogen) atoms. The van der Waals surface area contributed by atoms with Gasteiger partial charge in [0, 0.05) is 58.6 Å². The Morgan fingerprint density at radius 1 is 0.377 bits per heavy atom. The summed E-state index contributed by atoms with van der Waals surface area (Å²) in [6.07, 6.45) is 0. The summed E-state index contributed by atoms with van der Waals surface area (Å²) in [4.78, 5) is 15.9. The van der Waals surface area contributed by atoms with E-state index < -0.39 is 0 Å². The second-order valence-corrected chi connectivity index (χ2v) is 14.6. The van der Waals surface area contributed by atoms with Gasteiger partial charge in [0.05, 0.1) is 22.6 Å². The van der Waals surface area contributed by atoms with Crippen LogP contribution in [0.4, 0.5) is 0 Å². The normalized spacial score (nSPS) is 11.8. The van der Waals surface area contributed by atoms with Crippen molar-refractivity contribution in [3.8, 4) is 45.2 Å². The van der Waals surface area contributed by atoms with Crippen LogP contribution in [0.3, 0.4) is 0 Å². The van der Waals surface area contributed by atoms with Crippen molar-refractivity contribution in [2.24, 2.45) is 0 Å². The number of hydrogen-bond acceptors (Lipinski definition) is 4. The Labute approximate surface area is 309 Å². The van der Waals surface area contributed by atoms with Gasteiger partial charge < -0.3 is 0 Å². The highest BCUT2D eigenvalue weighted by Crippen LogP contribution is 2.44. The van der Waals surface area contributed by atoms with Crippen LogP contribution < -0.4 is 0 Å². The Bertz CT molecular complexity index is 3140. The highest BCUT2D eigenvalue weighted by molar-refractivity contribution is 7.26. The molecule has 0 N–H and O–H groups in total. The molecule has 3 heterocycles. The van der Waals surface area contributed by atoms with Gasteiger partial charge in [-0.05, 0) is 45.8 Å². The molecule has 11 rings (SSSR count). The largest absolute Gasteiger partial charge is 0.247 e. The van der Waals surface area contributed by atoms with Gasteiger partial charge in [0.1, 0.15) is 0 Å². The molecule has 0 aliphatic heterocycles. The Morgan fingerprint density at radius 2 is 0.981 bits per heavy atom. The van der Waals surface area contributed by atoms with E-state index in [1.54, 1.807) is 0 Å². The topological polar surface area (TPSA) is 38.7 Å². The van der Waals surface area contributed by atoms with Crippen LogP contribution in [0.2, 0.25) is 0 Å². The lowest BCUT2D eigenvalue weighted by atomic mass is 9.96. The van der Waals surface area contributed by atoms with Crippen LogP contribution in [0.5, 0.6) is 0 Å². The average molecular weight is 692 g/mol. The second-order valence-electron chi connectivity index (χ2n) is 13.5. The number of rotatable bonds is 4. The molecule has 0 amide bonds.